The van der Waals surface area contributed by atoms with Crippen LogP contribution in [0.1, 0.15) is 34.6 Å². The Morgan fingerprint density at radius 2 is 2.08 bits per heavy atom. The Balaban J connectivity index is 1.60. The van der Waals surface area contributed by atoms with Crippen LogP contribution in [0.15, 0.2) is 41.1 Å². The molecule has 2 heterocycles. The number of ether oxygens (including phenoxy) is 1. The second-order valence-electron chi connectivity index (χ2n) is 5.04. The van der Waals surface area contributed by atoms with Gasteiger partial charge in [0.25, 0.3) is 5.89 Å². The molecule has 124 valence electrons. The number of hydrogen-bond donors (Lipinski definition) is 0. The molecule has 1 aromatic carbocycles. The fourth-order valence-corrected chi connectivity index (χ4v) is 2.25. The third-order valence-corrected chi connectivity index (χ3v) is 3.67. The SMILES string of the molecule is CCc1nnc(COC(=O)c2cnn(Cc3ccccc3Cl)c2)o1. The van der Waals surface area contributed by atoms with E-state index in [9.17, 15) is 4.79 Å². The predicted molar refractivity (Wildman–Crippen MR) is 85.6 cm³/mol. The average molecular weight is 347 g/mol. The maximum Gasteiger partial charge on any atom is 0.341 e. The Kier molecular flexibility index (Phi) is 4.90. The molecule has 0 fully saturated rings. The predicted octanol–water partition coefficient (Wildman–Crippen LogP) is 2.89. The van der Waals surface area contributed by atoms with Gasteiger partial charge >= 0.3 is 5.97 Å². The second kappa shape index (κ2) is 7.27. The van der Waals surface area contributed by atoms with Gasteiger partial charge in [-0.05, 0) is 11.6 Å². The lowest BCUT2D eigenvalue weighted by Gasteiger charge is -2.03. The van der Waals surface area contributed by atoms with Crippen molar-refractivity contribution in [2.45, 2.75) is 26.5 Å². The topological polar surface area (TPSA) is 83.0 Å². The first-order valence-electron chi connectivity index (χ1n) is 7.40. The maximum atomic E-state index is 12.0. The van der Waals surface area contributed by atoms with E-state index in [1.807, 2.05) is 31.2 Å². The summed E-state index contributed by atoms with van der Waals surface area (Å²) < 4.78 is 12.1. The number of aryl methyl sites for hydroxylation is 1. The molecular weight excluding hydrogens is 332 g/mol. The van der Waals surface area contributed by atoms with Crippen LogP contribution in [0.2, 0.25) is 5.02 Å². The fourth-order valence-electron chi connectivity index (χ4n) is 2.06. The van der Waals surface area contributed by atoms with E-state index in [2.05, 4.69) is 15.3 Å². The van der Waals surface area contributed by atoms with Gasteiger partial charge in [0.1, 0.15) is 0 Å². The minimum Gasteiger partial charge on any atom is -0.452 e. The van der Waals surface area contributed by atoms with Crippen LogP contribution in [0.5, 0.6) is 0 Å². The third-order valence-electron chi connectivity index (χ3n) is 3.30. The smallest absolute Gasteiger partial charge is 0.341 e. The molecule has 0 N–H and O–H groups in total. The van der Waals surface area contributed by atoms with Crippen LogP contribution in [0.4, 0.5) is 0 Å². The van der Waals surface area contributed by atoms with Crippen molar-refractivity contribution in [3.8, 4) is 0 Å². The number of aromatic nitrogens is 4. The minimum absolute atomic E-state index is 0.0679. The molecule has 0 radical (unpaired) electrons. The van der Waals surface area contributed by atoms with Crippen molar-refractivity contribution in [2.24, 2.45) is 0 Å². The van der Waals surface area contributed by atoms with Crippen molar-refractivity contribution >= 4 is 17.6 Å². The van der Waals surface area contributed by atoms with Gasteiger partial charge in [-0.3, -0.25) is 4.68 Å². The van der Waals surface area contributed by atoms with Crippen molar-refractivity contribution in [3.05, 3.63) is 64.6 Å². The van der Waals surface area contributed by atoms with Gasteiger partial charge in [0.2, 0.25) is 5.89 Å². The zero-order chi connectivity index (χ0) is 16.9. The molecule has 0 spiro atoms. The van der Waals surface area contributed by atoms with E-state index in [0.29, 0.717) is 29.4 Å². The number of benzene rings is 1. The minimum atomic E-state index is -0.503. The standard InChI is InChI=1S/C16H15ClN4O3/c1-2-14-19-20-15(24-14)10-23-16(22)12-7-18-21(9-12)8-11-5-3-4-6-13(11)17/h3-7,9H,2,8,10H2,1H3. The van der Waals surface area contributed by atoms with E-state index >= 15 is 0 Å². The largest absolute Gasteiger partial charge is 0.452 e. The molecule has 3 rings (SSSR count). The molecule has 2 aromatic heterocycles. The first-order valence-corrected chi connectivity index (χ1v) is 7.77. The van der Waals surface area contributed by atoms with Crippen LogP contribution < -0.4 is 0 Å². The van der Waals surface area contributed by atoms with E-state index in [1.165, 1.54) is 6.20 Å². The molecule has 0 atom stereocenters. The van der Waals surface area contributed by atoms with Gasteiger partial charge in [0.05, 0.1) is 18.3 Å². The number of carbonyl (C=O) groups is 1. The fraction of sp³-hybridized carbons (Fsp3) is 0.250. The summed E-state index contributed by atoms with van der Waals surface area (Å²) in [6.45, 7) is 2.30. The average Bonchev–Trinajstić information content (AvgIpc) is 3.24. The lowest BCUT2D eigenvalue weighted by Crippen LogP contribution is -2.05. The molecule has 0 aliphatic heterocycles. The zero-order valence-corrected chi connectivity index (χ0v) is 13.7. The Hall–Kier alpha value is -2.67. The number of esters is 1. The van der Waals surface area contributed by atoms with Gasteiger partial charge in [-0.25, -0.2) is 4.79 Å². The van der Waals surface area contributed by atoms with Crippen molar-refractivity contribution in [2.75, 3.05) is 0 Å². The van der Waals surface area contributed by atoms with Gasteiger partial charge in [-0.2, -0.15) is 5.10 Å². The van der Waals surface area contributed by atoms with E-state index in [4.69, 9.17) is 20.8 Å². The molecule has 0 bridgehead atoms. The monoisotopic (exact) mass is 346 g/mol. The van der Waals surface area contributed by atoms with E-state index < -0.39 is 5.97 Å². The lowest BCUT2D eigenvalue weighted by molar-refractivity contribution is 0.0436. The van der Waals surface area contributed by atoms with Crippen LogP contribution in [-0.4, -0.2) is 25.9 Å². The zero-order valence-electron chi connectivity index (χ0n) is 13.0. The molecule has 0 aliphatic carbocycles. The van der Waals surface area contributed by atoms with E-state index in [1.54, 1.807) is 10.9 Å². The maximum absolute atomic E-state index is 12.0. The first-order chi connectivity index (χ1) is 11.7. The van der Waals surface area contributed by atoms with Gasteiger partial charge in [0, 0.05) is 17.6 Å². The summed E-state index contributed by atoms with van der Waals surface area (Å²) in [5.41, 5.74) is 1.26. The summed E-state index contributed by atoms with van der Waals surface area (Å²) in [4.78, 5) is 12.0. The van der Waals surface area contributed by atoms with Crippen LogP contribution >= 0.6 is 11.6 Å². The van der Waals surface area contributed by atoms with Crippen LogP contribution in [0, 0.1) is 0 Å². The second-order valence-corrected chi connectivity index (χ2v) is 5.44. The van der Waals surface area contributed by atoms with Crippen molar-refractivity contribution < 1.29 is 13.9 Å². The molecule has 7 nitrogen and oxygen atoms in total. The summed E-state index contributed by atoms with van der Waals surface area (Å²) in [5.74, 6) is 0.272. The van der Waals surface area contributed by atoms with Crippen LogP contribution in [0.3, 0.4) is 0 Å². The quantitative estimate of drug-likeness (QED) is 0.638. The first kappa shape index (κ1) is 16.2. The normalized spacial score (nSPS) is 10.8. The van der Waals surface area contributed by atoms with Crippen LogP contribution in [-0.2, 0) is 24.3 Å². The van der Waals surface area contributed by atoms with Crippen molar-refractivity contribution in [3.63, 3.8) is 0 Å². The van der Waals surface area contributed by atoms with Gasteiger partial charge < -0.3 is 9.15 Å². The summed E-state index contributed by atoms with van der Waals surface area (Å²) in [6, 6.07) is 7.47. The highest BCUT2D eigenvalue weighted by Crippen LogP contribution is 2.16. The van der Waals surface area contributed by atoms with E-state index in [0.717, 1.165) is 5.56 Å². The lowest BCUT2D eigenvalue weighted by atomic mass is 10.2. The summed E-state index contributed by atoms with van der Waals surface area (Å²) in [7, 11) is 0. The number of nitrogens with zero attached hydrogens (tertiary/aromatic N) is 4. The Labute approximate surface area is 143 Å². The number of hydrogen-bond acceptors (Lipinski definition) is 6. The van der Waals surface area contributed by atoms with Gasteiger partial charge in [-0.1, -0.05) is 36.7 Å². The molecule has 8 heteroatoms. The molecule has 0 saturated heterocycles. The van der Waals surface area contributed by atoms with Crippen molar-refractivity contribution in [1.82, 2.24) is 20.0 Å². The number of rotatable bonds is 6. The molecule has 0 saturated carbocycles. The van der Waals surface area contributed by atoms with E-state index in [-0.39, 0.29) is 12.5 Å². The Bertz CT molecular complexity index is 843. The Morgan fingerprint density at radius 1 is 1.29 bits per heavy atom. The molecule has 0 amide bonds. The number of halogens is 1. The third kappa shape index (κ3) is 3.80. The highest BCUT2D eigenvalue weighted by Gasteiger charge is 2.13. The summed E-state index contributed by atoms with van der Waals surface area (Å²) >= 11 is 6.12. The van der Waals surface area contributed by atoms with Gasteiger partial charge in [-0.15, -0.1) is 10.2 Å². The molecule has 3 aromatic rings. The Morgan fingerprint density at radius 3 is 2.83 bits per heavy atom. The molecule has 24 heavy (non-hydrogen) atoms. The summed E-state index contributed by atoms with van der Waals surface area (Å²) in [6.07, 6.45) is 3.69. The molecule has 0 aliphatic rings. The van der Waals surface area contributed by atoms with Crippen molar-refractivity contribution in [1.29, 1.82) is 0 Å². The molecular formula is C16H15ClN4O3. The number of carbonyl (C=O) groups excluding carboxylic acids is 1. The van der Waals surface area contributed by atoms with Crippen LogP contribution in [0.25, 0.3) is 0 Å². The highest BCUT2D eigenvalue weighted by atomic mass is 35.5. The van der Waals surface area contributed by atoms with Gasteiger partial charge in [0.15, 0.2) is 6.61 Å². The highest BCUT2D eigenvalue weighted by molar-refractivity contribution is 6.31. The summed E-state index contributed by atoms with van der Waals surface area (Å²) in [5, 5.41) is 12.4. The molecule has 0 unspecified atom stereocenters.